The highest BCUT2D eigenvalue weighted by Crippen LogP contribution is 2.40. The summed E-state index contributed by atoms with van der Waals surface area (Å²) in [5.74, 6) is 2.31. The summed E-state index contributed by atoms with van der Waals surface area (Å²) in [4.78, 5) is 17.9. The van der Waals surface area contributed by atoms with Gasteiger partial charge in [0, 0.05) is 24.0 Å². The van der Waals surface area contributed by atoms with E-state index in [-0.39, 0.29) is 12.1 Å². The highest BCUT2D eigenvalue weighted by atomic mass is 16.5. The van der Waals surface area contributed by atoms with E-state index in [1.54, 1.807) is 6.26 Å². The first-order valence-electron chi connectivity index (χ1n) is 10.9. The summed E-state index contributed by atoms with van der Waals surface area (Å²) >= 11 is 0. The Labute approximate surface area is 179 Å². The maximum absolute atomic E-state index is 7.45. The average Bonchev–Trinajstić information content (AvgIpc) is 3.42. The Hall–Kier alpha value is -3.24. The number of pyridine rings is 1. The van der Waals surface area contributed by atoms with Crippen LogP contribution in [-0.2, 0) is 11.2 Å². The van der Waals surface area contributed by atoms with Crippen molar-refractivity contribution >= 4 is 27.6 Å². The minimum atomic E-state index is 0.199. The van der Waals surface area contributed by atoms with Gasteiger partial charge in [-0.25, -0.2) is 14.8 Å². The molecule has 0 N–H and O–H groups in total. The Morgan fingerprint density at radius 3 is 2.90 bits per heavy atom. The largest absolute Gasteiger partial charge is 0.448 e. The van der Waals surface area contributed by atoms with Gasteiger partial charge in [-0.1, -0.05) is 6.07 Å². The number of imidazole rings is 1. The van der Waals surface area contributed by atoms with Gasteiger partial charge in [-0.2, -0.15) is 0 Å². The van der Waals surface area contributed by atoms with Crippen LogP contribution < -0.4 is 0 Å². The van der Waals surface area contributed by atoms with Crippen LogP contribution in [0.4, 0.5) is 5.69 Å². The van der Waals surface area contributed by atoms with Crippen LogP contribution in [0.1, 0.15) is 62.0 Å². The Kier molecular flexibility index (Phi) is 4.29. The Morgan fingerprint density at radius 2 is 2.10 bits per heavy atom. The molecule has 7 heteroatoms. The third kappa shape index (κ3) is 3.28. The molecule has 4 heterocycles. The highest BCUT2D eigenvalue weighted by Gasteiger charge is 2.30. The lowest BCUT2D eigenvalue weighted by atomic mass is 10.0. The van der Waals surface area contributed by atoms with Crippen molar-refractivity contribution in [1.82, 2.24) is 19.5 Å². The van der Waals surface area contributed by atoms with Crippen molar-refractivity contribution in [2.75, 3.05) is 6.61 Å². The predicted octanol–water partition coefficient (Wildman–Crippen LogP) is 5.33. The molecule has 2 fully saturated rings. The van der Waals surface area contributed by atoms with Crippen LogP contribution in [0.2, 0.25) is 0 Å². The van der Waals surface area contributed by atoms with Gasteiger partial charge in [0.25, 0.3) is 0 Å². The number of hydrogen-bond acceptors (Lipinski definition) is 5. The second-order valence-corrected chi connectivity index (χ2v) is 8.69. The number of aromatic nitrogens is 4. The van der Waals surface area contributed by atoms with E-state index in [0.29, 0.717) is 18.0 Å². The van der Waals surface area contributed by atoms with E-state index in [2.05, 4.69) is 21.3 Å². The second kappa shape index (κ2) is 7.17. The molecular weight excluding hydrogens is 390 g/mol. The summed E-state index contributed by atoms with van der Waals surface area (Å²) in [6, 6.07) is 5.96. The van der Waals surface area contributed by atoms with Gasteiger partial charge in [0.05, 0.1) is 42.0 Å². The Morgan fingerprint density at radius 1 is 1.19 bits per heavy atom. The fourth-order valence-electron chi connectivity index (χ4n) is 4.69. The number of fused-ring (bicyclic) bond motifs is 3. The van der Waals surface area contributed by atoms with Crippen molar-refractivity contribution in [2.24, 2.45) is 0 Å². The highest BCUT2D eigenvalue weighted by molar-refractivity contribution is 6.03. The average molecular weight is 413 g/mol. The van der Waals surface area contributed by atoms with Crippen LogP contribution in [0, 0.1) is 6.57 Å². The quantitative estimate of drug-likeness (QED) is 0.423. The van der Waals surface area contributed by atoms with Crippen molar-refractivity contribution in [3.05, 3.63) is 59.5 Å². The zero-order chi connectivity index (χ0) is 20.9. The van der Waals surface area contributed by atoms with Gasteiger partial charge in [0.1, 0.15) is 17.6 Å². The van der Waals surface area contributed by atoms with Crippen LogP contribution in [0.5, 0.6) is 0 Å². The molecule has 0 bridgehead atoms. The summed E-state index contributed by atoms with van der Waals surface area (Å²) in [7, 11) is 0. The summed E-state index contributed by atoms with van der Waals surface area (Å²) in [5.41, 5.74) is 4.31. The molecule has 1 aliphatic heterocycles. The fraction of sp³-hybridized carbons (Fsp3) is 0.417. The number of oxazole rings is 1. The summed E-state index contributed by atoms with van der Waals surface area (Å²) in [6.45, 7) is 10.3. The Balaban J connectivity index is 1.53. The Bertz CT molecular complexity index is 1330. The van der Waals surface area contributed by atoms with E-state index in [1.165, 1.54) is 12.8 Å². The van der Waals surface area contributed by atoms with E-state index < -0.39 is 0 Å². The standard InChI is InChI=1S/C24H23N5O2/c1-14-9-18(7-8-30-14)29-22(11-17-13-31-24(27-17)15-3-4-15)28-21-12-26-20-6-5-16(25-2)10-19(20)23(21)29/h5-6,10,12-15,18H,3-4,7-9,11H2,1H3/t14-,18-/m1/s1. The zero-order valence-corrected chi connectivity index (χ0v) is 17.4. The number of rotatable bonds is 4. The molecular formula is C24H23N5O2. The van der Waals surface area contributed by atoms with Gasteiger partial charge >= 0.3 is 0 Å². The summed E-state index contributed by atoms with van der Waals surface area (Å²) in [6.07, 6.45) is 8.62. The van der Waals surface area contributed by atoms with Gasteiger partial charge in [-0.05, 0) is 44.7 Å². The monoisotopic (exact) mass is 413 g/mol. The molecule has 4 aromatic rings. The SMILES string of the molecule is [C-]#[N+]c1ccc2ncc3nc(Cc4coc(C5CC5)n4)n([C@@H]4CCO[C@H](C)C4)c3c2c1. The first kappa shape index (κ1) is 18.5. The molecule has 156 valence electrons. The normalized spacial score (nSPS) is 21.5. The first-order valence-corrected chi connectivity index (χ1v) is 10.9. The topological polar surface area (TPSA) is 70.3 Å². The minimum absolute atomic E-state index is 0.199. The van der Waals surface area contributed by atoms with Crippen molar-refractivity contribution in [3.63, 3.8) is 0 Å². The molecule has 7 nitrogen and oxygen atoms in total. The molecule has 1 saturated carbocycles. The zero-order valence-electron chi connectivity index (χ0n) is 17.4. The number of hydrogen-bond donors (Lipinski definition) is 0. The van der Waals surface area contributed by atoms with Gasteiger partial charge in [0.2, 0.25) is 0 Å². The number of nitrogens with zero attached hydrogens (tertiary/aromatic N) is 5. The molecule has 1 aromatic carbocycles. The first-order chi connectivity index (χ1) is 15.2. The fourth-order valence-corrected chi connectivity index (χ4v) is 4.69. The van der Waals surface area contributed by atoms with Crippen LogP contribution >= 0.6 is 0 Å². The maximum Gasteiger partial charge on any atom is 0.197 e. The molecule has 31 heavy (non-hydrogen) atoms. The van der Waals surface area contributed by atoms with E-state index in [1.807, 2.05) is 24.4 Å². The van der Waals surface area contributed by atoms with Crippen LogP contribution in [0.25, 0.3) is 26.8 Å². The molecule has 0 spiro atoms. The van der Waals surface area contributed by atoms with E-state index >= 15 is 0 Å². The van der Waals surface area contributed by atoms with Crippen molar-refractivity contribution in [2.45, 2.75) is 57.1 Å². The molecule has 0 amide bonds. The maximum atomic E-state index is 7.45. The van der Waals surface area contributed by atoms with Gasteiger partial charge in [-0.3, -0.25) is 4.98 Å². The van der Waals surface area contributed by atoms with Gasteiger partial charge in [-0.15, -0.1) is 0 Å². The second-order valence-electron chi connectivity index (χ2n) is 8.69. The molecule has 0 unspecified atom stereocenters. The molecule has 1 saturated heterocycles. The van der Waals surface area contributed by atoms with Crippen molar-refractivity contribution < 1.29 is 9.15 Å². The van der Waals surface area contributed by atoms with Crippen molar-refractivity contribution in [3.8, 4) is 0 Å². The summed E-state index contributed by atoms with van der Waals surface area (Å²) in [5, 5.41) is 0.975. The lowest BCUT2D eigenvalue weighted by Crippen LogP contribution is -2.26. The third-order valence-corrected chi connectivity index (χ3v) is 6.36. The van der Waals surface area contributed by atoms with E-state index in [9.17, 15) is 0 Å². The lowest BCUT2D eigenvalue weighted by molar-refractivity contribution is 0.00631. The molecule has 2 atom stereocenters. The van der Waals surface area contributed by atoms with Crippen molar-refractivity contribution in [1.29, 1.82) is 0 Å². The molecule has 3 aromatic heterocycles. The van der Waals surface area contributed by atoms with Gasteiger partial charge < -0.3 is 13.7 Å². The van der Waals surface area contributed by atoms with Crippen LogP contribution in [0.3, 0.4) is 0 Å². The molecule has 6 rings (SSSR count). The smallest absolute Gasteiger partial charge is 0.197 e. The van der Waals surface area contributed by atoms with E-state index in [0.717, 1.165) is 58.8 Å². The summed E-state index contributed by atoms with van der Waals surface area (Å²) < 4.78 is 13.9. The molecule has 2 aliphatic rings. The molecule has 1 aliphatic carbocycles. The van der Waals surface area contributed by atoms with Crippen LogP contribution in [-0.4, -0.2) is 32.2 Å². The molecule has 0 radical (unpaired) electrons. The number of benzene rings is 1. The third-order valence-electron chi connectivity index (χ3n) is 6.36. The number of ether oxygens (including phenoxy) is 1. The minimum Gasteiger partial charge on any atom is -0.448 e. The van der Waals surface area contributed by atoms with E-state index in [4.69, 9.17) is 25.7 Å². The lowest BCUT2D eigenvalue weighted by Gasteiger charge is -2.30. The van der Waals surface area contributed by atoms with Gasteiger partial charge in [0.15, 0.2) is 11.6 Å². The van der Waals surface area contributed by atoms with Crippen LogP contribution in [0.15, 0.2) is 35.1 Å². The predicted molar refractivity (Wildman–Crippen MR) is 116 cm³/mol.